The van der Waals surface area contributed by atoms with Crippen LogP contribution in [0, 0.1) is 20.8 Å². The number of nitrogens with zero attached hydrogens (tertiary/aromatic N) is 3. The van der Waals surface area contributed by atoms with Crippen molar-refractivity contribution >= 4 is 11.9 Å². The van der Waals surface area contributed by atoms with Crippen LogP contribution in [0.1, 0.15) is 44.2 Å². The maximum absolute atomic E-state index is 13.3. The largest absolute Gasteiger partial charge is 0.481 e. The van der Waals surface area contributed by atoms with Crippen molar-refractivity contribution in [1.82, 2.24) is 14.7 Å². The minimum Gasteiger partial charge on any atom is -0.481 e. The second-order valence-electron chi connectivity index (χ2n) is 7.62. The van der Waals surface area contributed by atoms with E-state index in [0.717, 1.165) is 33.6 Å². The van der Waals surface area contributed by atoms with Gasteiger partial charge in [-0.3, -0.25) is 9.59 Å². The first-order chi connectivity index (χ1) is 13.9. The van der Waals surface area contributed by atoms with Crippen LogP contribution in [-0.4, -0.2) is 38.2 Å². The number of aromatic nitrogens is 2. The summed E-state index contributed by atoms with van der Waals surface area (Å²) in [4.78, 5) is 26.7. The van der Waals surface area contributed by atoms with Crippen molar-refractivity contribution in [2.75, 3.05) is 6.54 Å². The Morgan fingerprint density at radius 3 is 2.62 bits per heavy atom. The highest BCUT2D eigenvalue weighted by Gasteiger charge is 2.33. The van der Waals surface area contributed by atoms with Gasteiger partial charge >= 0.3 is 5.97 Å². The predicted octanol–water partition coefficient (Wildman–Crippen LogP) is 3.62. The molecule has 0 saturated carbocycles. The quantitative estimate of drug-likeness (QED) is 0.742. The molecule has 6 nitrogen and oxygen atoms in total. The van der Waals surface area contributed by atoms with E-state index < -0.39 is 11.9 Å². The molecule has 2 heterocycles. The normalized spacial score (nSPS) is 15.8. The monoisotopic (exact) mass is 389 g/mol. The van der Waals surface area contributed by atoms with Crippen LogP contribution < -0.4 is 0 Å². The molecule has 0 spiro atoms. The van der Waals surface area contributed by atoms with Crippen LogP contribution in [0.4, 0.5) is 0 Å². The molecule has 3 aromatic rings. The van der Waals surface area contributed by atoms with Crippen molar-refractivity contribution in [3.63, 3.8) is 0 Å². The Labute approximate surface area is 169 Å². The van der Waals surface area contributed by atoms with Gasteiger partial charge < -0.3 is 10.0 Å². The molecule has 1 aromatic heterocycles. The maximum Gasteiger partial charge on any atom is 0.312 e. The SMILES string of the molecule is Cc1ccc(C)c(-n2ncc(C(=O)N3Cc4ccccc4C(C(=O)O)C3)c2C)c1. The molecule has 6 heteroatoms. The van der Waals surface area contributed by atoms with E-state index in [2.05, 4.69) is 5.10 Å². The van der Waals surface area contributed by atoms with Gasteiger partial charge in [-0.1, -0.05) is 36.4 Å². The topological polar surface area (TPSA) is 75.4 Å². The molecular weight excluding hydrogens is 366 g/mol. The van der Waals surface area contributed by atoms with Crippen molar-refractivity contribution in [3.05, 3.63) is 82.2 Å². The number of carboxylic acids is 1. The van der Waals surface area contributed by atoms with Crippen LogP contribution in [0.25, 0.3) is 5.69 Å². The average molecular weight is 389 g/mol. The highest BCUT2D eigenvalue weighted by molar-refractivity contribution is 5.96. The molecule has 148 valence electrons. The Kier molecular flexibility index (Phi) is 4.70. The summed E-state index contributed by atoms with van der Waals surface area (Å²) in [7, 11) is 0. The van der Waals surface area contributed by atoms with E-state index in [1.54, 1.807) is 15.8 Å². The summed E-state index contributed by atoms with van der Waals surface area (Å²) in [6.45, 7) is 6.45. The standard InChI is InChI=1S/C23H23N3O3/c1-14-8-9-15(2)21(10-14)26-16(3)19(11-24-26)22(27)25-12-17-6-4-5-7-18(17)20(13-25)23(28)29/h4-11,20H,12-13H2,1-3H3,(H,28,29). The number of benzene rings is 2. The molecule has 1 N–H and O–H groups in total. The number of amides is 1. The van der Waals surface area contributed by atoms with E-state index in [1.165, 1.54) is 0 Å². The summed E-state index contributed by atoms with van der Waals surface area (Å²) in [5, 5.41) is 14.1. The van der Waals surface area contributed by atoms with Gasteiger partial charge in [0.2, 0.25) is 0 Å². The number of fused-ring (bicyclic) bond motifs is 1. The number of aryl methyl sites for hydroxylation is 2. The number of hydrogen-bond acceptors (Lipinski definition) is 3. The van der Waals surface area contributed by atoms with Gasteiger partial charge in [-0.15, -0.1) is 0 Å². The van der Waals surface area contributed by atoms with E-state index in [4.69, 9.17) is 0 Å². The lowest BCUT2D eigenvalue weighted by Gasteiger charge is -2.32. The van der Waals surface area contributed by atoms with E-state index in [1.807, 2.05) is 63.2 Å². The fourth-order valence-corrected chi connectivity index (χ4v) is 3.95. The number of carboxylic acid groups (broad SMARTS) is 1. The van der Waals surface area contributed by atoms with Crippen molar-refractivity contribution < 1.29 is 14.7 Å². The second kappa shape index (κ2) is 7.20. The van der Waals surface area contributed by atoms with Gasteiger partial charge in [0.1, 0.15) is 0 Å². The third-order valence-electron chi connectivity index (χ3n) is 5.61. The molecule has 1 aliphatic rings. The predicted molar refractivity (Wildman–Crippen MR) is 109 cm³/mol. The van der Waals surface area contributed by atoms with Gasteiger partial charge in [-0.25, -0.2) is 4.68 Å². The van der Waals surface area contributed by atoms with Crippen LogP contribution in [0.2, 0.25) is 0 Å². The number of aliphatic carboxylic acids is 1. The van der Waals surface area contributed by atoms with E-state index in [-0.39, 0.29) is 12.5 Å². The minimum absolute atomic E-state index is 0.152. The summed E-state index contributed by atoms with van der Waals surface area (Å²) >= 11 is 0. The molecule has 0 radical (unpaired) electrons. The molecule has 1 aliphatic heterocycles. The second-order valence-corrected chi connectivity index (χ2v) is 7.62. The Morgan fingerprint density at radius 1 is 1.10 bits per heavy atom. The lowest BCUT2D eigenvalue weighted by atomic mass is 9.89. The van der Waals surface area contributed by atoms with E-state index >= 15 is 0 Å². The fourth-order valence-electron chi connectivity index (χ4n) is 3.95. The van der Waals surface area contributed by atoms with Crippen LogP contribution in [0.15, 0.2) is 48.7 Å². The number of hydrogen-bond donors (Lipinski definition) is 1. The molecule has 29 heavy (non-hydrogen) atoms. The smallest absolute Gasteiger partial charge is 0.312 e. The number of carbonyl (C=O) groups is 2. The summed E-state index contributed by atoms with van der Waals surface area (Å²) in [6.07, 6.45) is 1.58. The van der Waals surface area contributed by atoms with Gasteiger partial charge in [-0.2, -0.15) is 5.10 Å². The number of rotatable bonds is 3. The molecule has 0 saturated heterocycles. The summed E-state index contributed by atoms with van der Waals surface area (Å²) in [5.41, 5.74) is 6.02. The number of carbonyl (C=O) groups excluding carboxylic acids is 1. The molecule has 1 amide bonds. The molecule has 0 bridgehead atoms. The van der Waals surface area contributed by atoms with Gasteiger partial charge in [0.15, 0.2) is 0 Å². The first-order valence-corrected chi connectivity index (χ1v) is 9.59. The van der Waals surface area contributed by atoms with Gasteiger partial charge in [0.25, 0.3) is 5.91 Å². The maximum atomic E-state index is 13.3. The average Bonchev–Trinajstić information content (AvgIpc) is 3.09. The first kappa shape index (κ1) is 18.9. The molecule has 0 aliphatic carbocycles. The van der Waals surface area contributed by atoms with Crippen molar-refractivity contribution in [2.24, 2.45) is 0 Å². The van der Waals surface area contributed by atoms with Crippen molar-refractivity contribution in [1.29, 1.82) is 0 Å². The third kappa shape index (κ3) is 3.31. The van der Waals surface area contributed by atoms with Gasteiger partial charge in [0, 0.05) is 13.1 Å². The summed E-state index contributed by atoms with van der Waals surface area (Å²) < 4.78 is 1.78. The molecule has 2 aromatic carbocycles. The van der Waals surface area contributed by atoms with Crippen LogP contribution in [0.3, 0.4) is 0 Å². The van der Waals surface area contributed by atoms with Gasteiger partial charge in [-0.05, 0) is 49.1 Å². The van der Waals surface area contributed by atoms with E-state index in [9.17, 15) is 14.7 Å². The zero-order chi connectivity index (χ0) is 20.7. The van der Waals surface area contributed by atoms with Crippen LogP contribution >= 0.6 is 0 Å². The molecule has 4 rings (SSSR count). The first-order valence-electron chi connectivity index (χ1n) is 9.59. The molecule has 1 unspecified atom stereocenters. The van der Waals surface area contributed by atoms with Crippen molar-refractivity contribution in [2.45, 2.75) is 33.2 Å². The Balaban J connectivity index is 1.69. The van der Waals surface area contributed by atoms with Crippen molar-refractivity contribution in [3.8, 4) is 5.69 Å². The lowest BCUT2D eigenvalue weighted by Crippen LogP contribution is -2.40. The molecule has 1 atom stereocenters. The molecule has 0 fully saturated rings. The van der Waals surface area contributed by atoms with Crippen LogP contribution in [-0.2, 0) is 11.3 Å². The highest BCUT2D eigenvalue weighted by atomic mass is 16.4. The van der Waals surface area contributed by atoms with Gasteiger partial charge in [0.05, 0.1) is 29.1 Å². The third-order valence-corrected chi connectivity index (χ3v) is 5.61. The Hall–Kier alpha value is -3.41. The minimum atomic E-state index is -0.919. The van der Waals surface area contributed by atoms with Crippen LogP contribution in [0.5, 0.6) is 0 Å². The zero-order valence-electron chi connectivity index (χ0n) is 16.7. The summed E-state index contributed by atoms with van der Waals surface area (Å²) in [6, 6.07) is 13.5. The molecular formula is C23H23N3O3. The summed E-state index contributed by atoms with van der Waals surface area (Å²) in [5.74, 6) is -1.84. The Bertz CT molecular complexity index is 1120. The zero-order valence-corrected chi connectivity index (χ0v) is 16.7. The highest BCUT2D eigenvalue weighted by Crippen LogP contribution is 2.30. The lowest BCUT2D eigenvalue weighted by molar-refractivity contribution is -0.139. The Morgan fingerprint density at radius 2 is 1.86 bits per heavy atom. The van der Waals surface area contributed by atoms with E-state index in [0.29, 0.717) is 12.1 Å². The fraction of sp³-hybridized carbons (Fsp3) is 0.261.